The van der Waals surface area contributed by atoms with Crippen LogP contribution in [-0.4, -0.2) is 118 Å². The van der Waals surface area contributed by atoms with Gasteiger partial charge in [-0.2, -0.15) is 0 Å². The van der Waals surface area contributed by atoms with Crippen molar-refractivity contribution in [3.05, 3.63) is 0 Å². The molecule has 10 nitrogen and oxygen atoms in total. The second kappa shape index (κ2) is 13.4. The monoisotopic (exact) mass is 440 g/mol. The fraction of sp³-hybridized carbons (Fsp3) is 0.857. The first-order valence-corrected chi connectivity index (χ1v) is 11.3. The first-order chi connectivity index (χ1) is 14.9. The van der Waals surface area contributed by atoms with E-state index in [0.29, 0.717) is 31.7 Å². The normalized spacial score (nSPS) is 19.2. The lowest BCUT2D eigenvalue weighted by atomic mass is 10.0. The van der Waals surface area contributed by atoms with Crippen LogP contribution >= 0.6 is 0 Å². The van der Waals surface area contributed by atoms with E-state index in [-0.39, 0.29) is 24.6 Å². The number of carbonyl (C=O) groups is 2. The van der Waals surface area contributed by atoms with Crippen LogP contribution in [0.1, 0.15) is 32.6 Å². The van der Waals surface area contributed by atoms with Crippen LogP contribution in [0.15, 0.2) is 4.99 Å². The van der Waals surface area contributed by atoms with Gasteiger partial charge in [0.2, 0.25) is 5.91 Å². The molecule has 178 valence electrons. The lowest BCUT2D eigenvalue weighted by Crippen LogP contribution is -2.53. The molecule has 2 rings (SSSR count). The molecule has 0 saturated carbocycles. The van der Waals surface area contributed by atoms with Gasteiger partial charge in [-0.15, -0.1) is 0 Å². The molecule has 2 amide bonds. The number of rotatable bonds is 8. The number of guanidine groups is 1. The molecule has 0 unspecified atom stereocenters. The molecule has 2 aliphatic heterocycles. The largest absolute Gasteiger partial charge is 0.450 e. The maximum Gasteiger partial charge on any atom is 0.409 e. The molecule has 2 aliphatic rings. The number of piperidine rings is 2. The second-order valence-electron chi connectivity index (χ2n) is 8.31. The van der Waals surface area contributed by atoms with Gasteiger partial charge >= 0.3 is 6.09 Å². The van der Waals surface area contributed by atoms with Gasteiger partial charge in [-0.05, 0) is 32.6 Å². The van der Waals surface area contributed by atoms with E-state index in [9.17, 15) is 9.59 Å². The highest BCUT2D eigenvalue weighted by molar-refractivity contribution is 5.85. The zero-order valence-corrected chi connectivity index (χ0v) is 19.6. The third-order valence-corrected chi connectivity index (χ3v) is 5.77. The highest BCUT2D eigenvalue weighted by Gasteiger charge is 2.25. The molecular weight excluding hydrogens is 400 g/mol. The van der Waals surface area contributed by atoms with Crippen molar-refractivity contribution in [2.75, 3.05) is 73.7 Å². The molecule has 10 heteroatoms. The summed E-state index contributed by atoms with van der Waals surface area (Å²) in [6, 6.07) is 0.521. The van der Waals surface area contributed by atoms with Crippen molar-refractivity contribution < 1.29 is 19.1 Å². The predicted octanol–water partition coefficient (Wildman–Crippen LogP) is 0.342. The average molecular weight is 441 g/mol. The van der Waals surface area contributed by atoms with Crippen LogP contribution in [0.3, 0.4) is 0 Å². The van der Waals surface area contributed by atoms with E-state index in [4.69, 9.17) is 9.47 Å². The Morgan fingerprint density at radius 3 is 2.13 bits per heavy atom. The van der Waals surface area contributed by atoms with Crippen LogP contribution in [0, 0.1) is 0 Å². The summed E-state index contributed by atoms with van der Waals surface area (Å²) < 4.78 is 10.3. The highest BCUT2D eigenvalue weighted by Crippen LogP contribution is 2.13. The first kappa shape index (κ1) is 25.2. The minimum atomic E-state index is -0.246. The number of likely N-dealkylation sites (N-methyl/N-ethyl adjacent to an activating group) is 1. The average Bonchev–Trinajstić information content (AvgIpc) is 2.77. The first-order valence-electron chi connectivity index (χ1n) is 11.3. The molecular formula is C21H40N6O4. The number of aliphatic imine (C=N–C) groups is 1. The van der Waals surface area contributed by atoms with Gasteiger partial charge in [0, 0.05) is 66.0 Å². The van der Waals surface area contributed by atoms with Crippen molar-refractivity contribution in [3.63, 3.8) is 0 Å². The third-order valence-electron chi connectivity index (χ3n) is 5.77. The van der Waals surface area contributed by atoms with Crippen molar-refractivity contribution in [2.45, 2.75) is 44.7 Å². The predicted molar refractivity (Wildman–Crippen MR) is 120 cm³/mol. The Hall–Kier alpha value is -2.07. The van der Waals surface area contributed by atoms with E-state index in [1.54, 1.807) is 31.0 Å². The maximum absolute atomic E-state index is 12.0. The summed E-state index contributed by atoms with van der Waals surface area (Å²) >= 11 is 0. The molecule has 0 aromatic heterocycles. The van der Waals surface area contributed by atoms with Crippen LogP contribution in [0.25, 0.3) is 0 Å². The van der Waals surface area contributed by atoms with E-state index < -0.39 is 0 Å². The minimum absolute atomic E-state index is 0.0346. The Kier molecular flexibility index (Phi) is 10.9. The summed E-state index contributed by atoms with van der Waals surface area (Å²) in [5.41, 5.74) is 0. The minimum Gasteiger partial charge on any atom is -0.450 e. The smallest absolute Gasteiger partial charge is 0.409 e. The van der Waals surface area contributed by atoms with E-state index in [1.165, 1.54) is 0 Å². The lowest BCUT2D eigenvalue weighted by Gasteiger charge is -2.35. The fourth-order valence-electron chi connectivity index (χ4n) is 3.75. The van der Waals surface area contributed by atoms with Gasteiger partial charge in [0.05, 0.1) is 13.2 Å². The van der Waals surface area contributed by atoms with E-state index in [2.05, 4.69) is 20.5 Å². The van der Waals surface area contributed by atoms with Crippen LogP contribution < -0.4 is 10.6 Å². The van der Waals surface area contributed by atoms with Gasteiger partial charge in [-0.25, -0.2) is 9.79 Å². The second-order valence-corrected chi connectivity index (χ2v) is 8.31. The van der Waals surface area contributed by atoms with Crippen molar-refractivity contribution in [1.29, 1.82) is 0 Å². The molecule has 0 radical (unpaired) electrons. The Morgan fingerprint density at radius 2 is 1.61 bits per heavy atom. The molecule has 2 N–H and O–H groups in total. The Balaban J connectivity index is 1.88. The number of ether oxygens (including phenoxy) is 2. The van der Waals surface area contributed by atoms with Gasteiger partial charge < -0.3 is 34.8 Å². The molecule has 2 heterocycles. The Morgan fingerprint density at radius 1 is 1.03 bits per heavy atom. The molecule has 0 aromatic rings. The lowest BCUT2D eigenvalue weighted by molar-refractivity contribution is -0.127. The topological polar surface area (TPSA) is 98.7 Å². The molecule has 0 bridgehead atoms. The number of nitrogens with one attached hydrogen (secondary N) is 2. The number of carbonyl (C=O) groups excluding carboxylic acids is 2. The number of hydrogen-bond donors (Lipinski definition) is 2. The summed E-state index contributed by atoms with van der Waals surface area (Å²) in [6.45, 7) is 7.36. The Bertz CT molecular complexity index is 584. The number of likely N-dealkylation sites (tertiary alicyclic amines) is 2. The summed E-state index contributed by atoms with van der Waals surface area (Å²) in [4.78, 5) is 34.2. The molecule has 2 fully saturated rings. The van der Waals surface area contributed by atoms with Crippen molar-refractivity contribution in [1.82, 2.24) is 25.3 Å². The Labute approximate surface area is 186 Å². The number of amides is 2. The summed E-state index contributed by atoms with van der Waals surface area (Å²) in [7, 11) is 5.20. The van der Waals surface area contributed by atoms with Gasteiger partial charge in [-0.3, -0.25) is 4.79 Å². The molecule has 0 spiro atoms. The number of methoxy groups -OCH3 is 1. The van der Waals surface area contributed by atoms with Gasteiger partial charge in [-0.1, -0.05) is 0 Å². The molecule has 31 heavy (non-hydrogen) atoms. The summed E-state index contributed by atoms with van der Waals surface area (Å²) in [5, 5.41) is 7.02. The van der Waals surface area contributed by atoms with Crippen LogP contribution in [0.2, 0.25) is 0 Å². The standard InChI is InChI=1S/C21H40N6O4/c1-5-31-21(29)27-12-8-18(9-13-27)24-20(22-16-19(28)25(2)3)23-17-6-10-26(11-7-17)14-15-30-4/h17-18H,5-16H2,1-4H3,(H2,22,23,24). The molecule has 0 aromatic carbocycles. The third kappa shape index (κ3) is 8.90. The van der Waals surface area contributed by atoms with Gasteiger partial charge in [0.15, 0.2) is 5.96 Å². The van der Waals surface area contributed by atoms with Crippen LogP contribution in [-0.2, 0) is 14.3 Å². The SMILES string of the molecule is CCOC(=O)N1CCC(NC(=NCC(=O)N(C)C)NC2CCN(CCOC)CC2)CC1. The van der Waals surface area contributed by atoms with Crippen molar-refractivity contribution in [2.24, 2.45) is 4.99 Å². The van der Waals surface area contributed by atoms with Crippen molar-refractivity contribution >= 4 is 18.0 Å². The van der Waals surface area contributed by atoms with E-state index in [0.717, 1.165) is 51.9 Å². The van der Waals surface area contributed by atoms with Crippen LogP contribution in [0.5, 0.6) is 0 Å². The zero-order valence-electron chi connectivity index (χ0n) is 19.6. The summed E-state index contributed by atoms with van der Waals surface area (Å²) in [5.74, 6) is 0.646. The molecule has 0 atom stereocenters. The van der Waals surface area contributed by atoms with Crippen LogP contribution in [0.4, 0.5) is 4.79 Å². The highest BCUT2D eigenvalue weighted by atomic mass is 16.6. The number of hydrogen-bond acceptors (Lipinski definition) is 6. The zero-order chi connectivity index (χ0) is 22.6. The fourth-order valence-corrected chi connectivity index (χ4v) is 3.75. The molecule has 0 aliphatic carbocycles. The van der Waals surface area contributed by atoms with Gasteiger partial charge in [0.25, 0.3) is 0 Å². The molecule has 2 saturated heterocycles. The maximum atomic E-state index is 12.0. The van der Waals surface area contributed by atoms with Gasteiger partial charge in [0.1, 0.15) is 6.54 Å². The number of nitrogens with zero attached hydrogens (tertiary/aromatic N) is 4. The van der Waals surface area contributed by atoms with E-state index >= 15 is 0 Å². The van der Waals surface area contributed by atoms with E-state index in [1.807, 2.05) is 6.92 Å². The van der Waals surface area contributed by atoms with Crippen molar-refractivity contribution in [3.8, 4) is 0 Å². The summed E-state index contributed by atoms with van der Waals surface area (Å²) in [6.07, 6.45) is 3.43. The quantitative estimate of drug-likeness (QED) is 0.415.